The zero-order chi connectivity index (χ0) is 23.4. The highest BCUT2D eigenvalue weighted by atomic mass is 127. The summed E-state index contributed by atoms with van der Waals surface area (Å²) >= 11 is 2.17. The first-order chi connectivity index (χ1) is 16.0. The molecule has 0 bridgehead atoms. The zero-order valence-electron chi connectivity index (χ0n) is 18.1. The van der Waals surface area contributed by atoms with Gasteiger partial charge in [0, 0.05) is 14.7 Å². The molecule has 0 aliphatic rings. The summed E-state index contributed by atoms with van der Waals surface area (Å²) in [6.45, 7) is 0. The van der Waals surface area contributed by atoms with Crippen molar-refractivity contribution in [3.8, 4) is 40.1 Å². The number of carbonyl (C=O) groups is 1. The van der Waals surface area contributed by atoms with Gasteiger partial charge in [0.1, 0.15) is 0 Å². The highest BCUT2D eigenvalue weighted by Gasteiger charge is 2.19. The van der Waals surface area contributed by atoms with Crippen molar-refractivity contribution in [2.75, 3.05) is 26.6 Å². The average Bonchev–Trinajstić information content (AvgIpc) is 3.33. The largest absolute Gasteiger partial charge is 0.493 e. The van der Waals surface area contributed by atoms with Crippen molar-refractivity contribution in [3.05, 3.63) is 69.8 Å². The van der Waals surface area contributed by atoms with Crippen molar-refractivity contribution in [2.45, 2.75) is 0 Å². The number of ether oxygens (including phenoxy) is 3. The van der Waals surface area contributed by atoms with Gasteiger partial charge >= 0.3 is 0 Å². The van der Waals surface area contributed by atoms with Crippen LogP contribution < -0.4 is 19.5 Å². The molecule has 4 rings (SSSR count). The minimum Gasteiger partial charge on any atom is -0.493 e. The maximum Gasteiger partial charge on any atom is 0.260 e. The van der Waals surface area contributed by atoms with E-state index in [0.29, 0.717) is 45.5 Å². The van der Waals surface area contributed by atoms with Gasteiger partial charge in [0.2, 0.25) is 11.6 Å². The van der Waals surface area contributed by atoms with Crippen LogP contribution in [0.2, 0.25) is 0 Å². The molecule has 1 aromatic heterocycles. The van der Waals surface area contributed by atoms with Crippen LogP contribution in [0.5, 0.6) is 17.2 Å². The molecule has 1 amide bonds. The Morgan fingerprint density at radius 1 is 0.939 bits per heavy atom. The molecular formula is C24H20IN3O5. The lowest BCUT2D eigenvalue weighted by Gasteiger charge is -2.12. The van der Waals surface area contributed by atoms with Crippen LogP contribution in [0.15, 0.2) is 65.2 Å². The number of carbonyl (C=O) groups excluding carboxylic acids is 1. The fraction of sp³-hybridized carbons (Fsp3) is 0.125. The van der Waals surface area contributed by atoms with Crippen LogP contribution in [0, 0.1) is 3.57 Å². The van der Waals surface area contributed by atoms with Gasteiger partial charge < -0.3 is 24.1 Å². The van der Waals surface area contributed by atoms with Crippen LogP contribution in [-0.4, -0.2) is 37.4 Å². The Balaban J connectivity index is 1.67. The average molecular weight is 557 g/mol. The highest BCUT2D eigenvalue weighted by molar-refractivity contribution is 14.1. The van der Waals surface area contributed by atoms with E-state index in [9.17, 15) is 4.79 Å². The van der Waals surface area contributed by atoms with Crippen LogP contribution >= 0.6 is 22.6 Å². The second-order valence-corrected chi connectivity index (χ2v) is 8.09. The number of hydrogen-bond donors (Lipinski definition) is 1. The lowest BCUT2D eigenvalue weighted by atomic mass is 10.1. The van der Waals surface area contributed by atoms with Crippen LogP contribution in [0.25, 0.3) is 22.8 Å². The maximum atomic E-state index is 12.8. The highest BCUT2D eigenvalue weighted by Crippen LogP contribution is 2.41. The molecular weight excluding hydrogens is 537 g/mol. The van der Waals surface area contributed by atoms with Crippen molar-refractivity contribution in [2.24, 2.45) is 0 Å². The summed E-state index contributed by atoms with van der Waals surface area (Å²) < 4.78 is 22.7. The van der Waals surface area contributed by atoms with Gasteiger partial charge in [-0.3, -0.25) is 4.79 Å². The van der Waals surface area contributed by atoms with E-state index in [-0.39, 0.29) is 11.8 Å². The van der Waals surface area contributed by atoms with Crippen molar-refractivity contribution in [3.63, 3.8) is 0 Å². The van der Waals surface area contributed by atoms with Crippen LogP contribution in [0.4, 0.5) is 5.69 Å². The van der Waals surface area contributed by atoms with Crippen LogP contribution in [0.3, 0.4) is 0 Å². The third kappa shape index (κ3) is 4.77. The molecule has 1 N–H and O–H groups in total. The SMILES string of the molecule is COc1cc(-c2noc(-c3ccccc3NC(=O)c3cccc(I)c3)n2)cc(OC)c1OC. The van der Waals surface area contributed by atoms with E-state index in [1.54, 1.807) is 30.3 Å². The Labute approximate surface area is 204 Å². The standard InChI is InChI=1S/C24H20IN3O5/c1-30-19-12-15(13-20(31-2)21(19)32-3)22-27-24(33-28-22)17-9-4-5-10-18(17)26-23(29)14-7-6-8-16(25)11-14/h4-13H,1-3H3,(H,26,29). The van der Waals surface area contributed by atoms with Crippen molar-refractivity contribution in [1.82, 2.24) is 10.1 Å². The number of nitrogens with zero attached hydrogens (tertiary/aromatic N) is 2. The number of nitrogens with one attached hydrogen (secondary N) is 1. The molecule has 1 heterocycles. The number of amides is 1. The molecule has 3 aromatic carbocycles. The predicted octanol–water partition coefficient (Wildman–Crippen LogP) is 5.29. The number of aromatic nitrogens is 2. The summed E-state index contributed by atoms with van der Waals surface area (Å²) in [5.74, 6) is 1.79. The van der Waals surface area contributed by atoms with E-state index in [4.69, 9.17) is 18.7 Å². The predicted molar refractivity (Wildman–Crippen MR) is 132 cm³/mol. The molecule has 9 heteroatoms. The molecule has 4 aromatic rings. The fourth-order valence-corrected chi connectivity index (χ4v) is 3.81. The Bertz CT molecular complexity index is 1280. The second-order valence-electron chi connectivity index (χ2n) is 6.85. The molecule has 0 atom stereocenters. The molecule has 0 saturated heterocycles. The summed E-state index contributed by atoms with van der Waals surface area (Å²) in [6.07, 6.45) is 0. The van der Waals surface area contributed by atoms with E-state index < -0.39 is 0 Å². The van der Waals surface area contributed by atoms with Crippen molar-refractivity contribution < 1.29 is 23.5 Å². The summed E-state index contributed by atoms with van der Waals surface area (Å²) in [5, 5.41) is 7.03. The molecule has 168 valence electrons. The minimum absolute atomic E-state index is 0.231. The van der Waals surface area contributed by atoms with Crippen molar-refractivity contribution in [1.29, 1.82) is 0 Å². The number of para-hydroxylation sites is 1. The molecule has 0 saturated carbocycles. The third-order valence-corrected chi connectivity index (χ3v) is 5.51. The number of halogens is 1. The topological polar surface area (TPSA) is 95.7 Å². The van der Waals surface area contributed by atoms with E-state index in [1.807, 2.05) is 30.3 Å². The molecule has 0 spiro atoms. The molecule has 0 unspecified atom stereocenters. The Morgan fingerprint density at radius 2 is 1.67 bits per heavy atom. The van der Waals surface area contributed by atoms with Gasteiger partial charge in [-0.2, -0.15) is 4.98 Å². The summed E-state index contributed by atoms with van der Waals surface area (Å²) in [6, 6.07) is 18.1. The van der Waals surface area contributed by atoms with Gasteiger partial charge in [-0.1, -0.05) is 23.4 Å². The smallest absolute Gasteiger partial charge is 0.260 e. The van der Waals surface area contributed by atoms with Crippen LogP contribution in [-0.2, 0) is 0 Å². The quantitative estimate of drug-likeness (QED) is 0.309. The summed E-state index contributed by atoms with van der Waals surface area (Å²) in [4.78, 5) is 17.3. The molecule has 0 aliphatic heterocycles. The van der Waals surface area contributed by atoms with E-state index in [1.165, 1.54) is 21.3 Å². The first kappa shape index (κ1) is 22.6. The minimum atomic E-state index is -0.231. The van der Waals surface area contributed by atoms with Gasteiger partial charge in [0.15, 0.2) is 11.5 Å². The lowest BCUT2D eigenvalue weighted by molar-refractivity contribution is 0.102. The number of hydrogen-bond acceptors (Lipinski definition) is 7. The van der Waals surface area contributed by atoms with Gasteiger partial charge in [-0.25, -0.2) is 0 Å². The third-order valence-electron chi connectivity index (χ3n) is 4.84. The van der Waals surface area contributed by atoms with Gasteiger partial charge in [-0.05, 0) is 65.1 Å². The zero-order valence-corrected chi connectivity index (χ0v) is 20.2. The number of anilines is 1. The lowest BCUT2D eigenvalue weighted by Crippen LogP contribution is -2.12. The fourth-order valence-electron chi connectivity index (χ4n) is 3.26. The summed E-state index contributed by atoms with van der Waals surface area (Å²) in [5.41, 5.74) is 2.34. The van der Waals surface area contributed by atoms with E-state index in [0.717, 1.165) is 3.57 Å². The van der Waals surface area contributed by atoms with Gasteiger partial charge in [-0.15, -0.1) is 0 Å². The molecule has 0 aliphatic carbocycles. The van der Waals surface area contributed by atoms with Crippen LogP contribution in [0.1, 0.15) is 10.4 Å². The first-order valence-corrected chi connectivity index (χ1v) is 10.9. The second kappa shape index (κ2) is 9.90. The molecule has 33 heavy (non-hydrogen) atoms. The number of benzene rings is 3. The van der Waals surface area contributed by atoms with E-state index >= 15 is 0 Å². The molecule has 0 radical (unpaired) electrons. The Morgan fingerprint density at radius 3 is 2.33 bits per heavy atom. The number of rotatable bonds is 7. The maximum absolute atomic E-state index is 12.8. The molecule has 8 nitrogen and oxygen atoms in total. The van der Waals surface area contributed by atoms with Crippen molar-refractivity contribution >= 4 is 34.2 Å². The first-order valence-electron chi connectivity index (χ1n) is 9.84. The molecule has 0 fully saturated rings. The summed E-state index contributed by atoms with van der Waals surface area (Å²) in [7, 11) is 4.61. The van der Waals surface area contributed by atoms with E-state index in [2.05, 4.69) is 38.0 Å². The Kier molecular flexibility index (Phi) is 6.78. The normalized spacial score (nSPS) is 10.5. The van der Waals surface area contributed by atoms with Gasteiger partial charge in [0.05, 0.1) is 32.6 Å². The Hall–Kier alpha value is -3.60. The number of methoxy groups -OCH3 is 3. The van der Waals surface area contributed by atoms with Gasteiger partial charge in [0.25, 0.3) is 11.8 Å². The monoisotopic (exact) mass is 557 g/mol.